The number of halogens is 2. The average Bonchev–Trinajstić information content (AvgIpc) is 3.76. The van der Waals surface area contributed by atoms with Crippen LogP contribution in [0.25, 0.3) is 0 Å². The molecule has 0 radical (unpaired) electrons. The first-order valence-electron chi connectivity index (χ1n) is 17.4. The molecule has 0 aromatic carbocycles. The number of nitrogens with one attached hydrogen (secondary N) is 1. The van der Waals surface area contributed by atoms with Crippen molar-refractivity contribution < 1.29 is 33.4 Å². The van der Waals surface area contributed by atoms with E-state index in [1.54, 1.807) is 10.1 Å². The van der Waals surface area contributed by atoms with Gasteiger partial charge in [-0.25, -0.2) is 19.3 Å². The number of ether oxygens (including phenoxy) is 3. The number of fused-ring (bicyclic) bond motifs is 1. The maximum atomic E-state index is 14.3. The van der Waals surface area contributed by atoms with Gasteiger partial charge < -0.3 is 30.2 Å². The minimum atomic E-state index is -1.17. The van der Waals surface area contributed by atoms with E-state index < -0.39 is 35.7 Å². The Balaban J connectivity index is 0.00000314. The van der Waals surface area contributed by atoms with E-state index in [4.69, 9.17) is 19.9 Å². The molecule has 4 aliphatic rings. The number of carbonyl (C=O) groups is 4. The summed E-state index contributed by atoms with van der Waals surface area (Å²) in [5.41, 5.74) is 6.97. The van der Waals surface area contributed by atoms with Crippen molar-refractivity contribution >= 4 is 88.7 Å². The normalized spacial score (nSPS) is 21.1. The molecule has 294 valence electrons. The molecule has 0 spiro atoms. The predicted molar refractivity (Wildman–Crippen MR) is 205 cm³/mol. The van der Waals surface area contributed by atoms with Crippen LogP contribution in [0.3, 0.4) is 0 Å². The number of nitrogen functional groups attached to an aromatic ring is 1. The number of thioether (sulfide) groups is 2. The number of nitrogens with zero attached hydrogens (tertiary/aromatic N) is 7. The summed E-state index contributed by atoms with van der Waals surface area (Å²) in [6, 6.07) is -0.843. The number of thiazole rings is 1. The third kappa shape index (κ3) is 11.1. The monoisotopic (exact) mass is 835 g/mol. The molecular weight excluding hydrogens is 790 g/mol. The number of aromatic nitrogens is 5. The van der Waals surface area contributed by atoms with Crippen LogP contribution in [0.15, 0.2) is 21.8 Å². The quantitative estimate of drug-likeness (QED) is 0.120. The fraction of sp³-hybridized carbons (Fsp3) is 0.688. The lowest BCUT2D eigenvalue weighted by atomic mass is 9.89. The summed E-state index contributed by atoms with van der Waals surface area (Å²) in [5, 5.41) is 17.0. The van der Waals surface area contributed by atoms with Gasteiger partial charge in [0.05, 0.1) is 18.7 Å². The third-order valence-electron chi connectivity index (χ3n) is 9.39. The first kappa shape index (κ1) is 42.9. The molecule has 21 heteroatoms. The highest BCUT2D eigenvalue weighted by Gasteiger charge is 2.55. The topological polar surface area (TPSA) is 197 Å². The lowest BCUT2D eigenvalue weighted by Crippen LogP contribution is -2.70. The molecule has 3 fully saturated rings. The van der Waals surface area contributed by atoms with Gasteiger partial charge in [-0.05, 0) is 68.6 Å². The molecule has 2 amide bonds. The number of hydrogen-bond acceptors (Lipinski definition) is 16. The Bertz CT molecular complexity index is 1600. The second kappa shape index (κ2) is 20.2. The van der Waals surface area contributed by atoms with E-state index in [9.17, 15) is 19.2 Å². The highest BCUT2D eigenvalue weighted by molar-refractivity contribution is 8.01. The molecule has 0 bridgehead atoms. The Morgan fingerprint density at radius 1 is 1.08 bits per heavy atom. The second-order valence-electron chi connectivity index (χ2n) is 13.5. The van der Waals surface area contributed by atoms with Crippen molar-refractivity contribution in [2.75, 3.05) is 37.9 Å². The van der Waals surface area contributed by atoms with Gasteiger partial charge in [0.15, 0.2) is 5.13 Å². The zero-order chi connectivity index (χ0) is 35.9. The van der Waals surface area contributed by atoms with E-state index >= 15 is 0 Å². The van der Waals surface area contributed by atoms with Crippen LogP contribution in [-0.4, -0.2) is 115 Å². The van der Waals surface area contributed by atoms with Crippen molar-refractivity contribution in [2.24, 2.45) is 5.92 Å². The van der Waals surface area contributed by atoms with Crippen LogP contribution in [0.2, 0.25) is 0 Å². The predicted octanol–water partition coefficient (Wildman–Crippen LogP) is 4.04. The van der Waals surface area contributed by atoms with Gasteiger partial charge in [0.2, 0.25) is 11.1 Å². The van der Waals surface area contributed by atoms with Crippen LogP contribution < -0.4 is 11.1 Å². The number of rotatable bonds is 14. The third-order valence-corrected chi connectivity index (χ3v) is 12.5. The number of nitrogens with two attached hydrogens (primary N) is 1. The van der Waals surface area contributed by atoms with Crippen molar-refractivity contribution in [1.82, 2.24) is 40.3 Å². The molecule has 2 aromatic rings. The molecule has 3 atom stereocenters. The van der Waals surface area contributed by atoms with Gasteiger partial charge in [-0.1, -0.05) is 37.4 Å². The summed E-state index contributed by atoms with van der Waals surface area (Å²) in [6.45, 7) is 1.30. The smallest absolute Gasteiger partial charge is 0.431 e. The van der Waals surface area contributed by atoms with Crippen LogP contribution in [0.1, 0.15) is 69.9 Å². The van der Waals surface area contributed by atoms with E-state index in [2.05, 4.69) is 25.8 Å². The molecule has 2 aliphatic carbocycles. The number of carbonyl (C=O) groups excluding carboxylic acids is 4. The van der Waals surface area contributed by atoms with E-state index in [-0.39, 0.29) is 54.9 Å². The molecular formula is C32H47Cl2N9O7S3. The summed E-state index contributed by atoms with van der Waals surface area (Å²) < 4.78 is 19.2. The fourth-order valence-electron chi connectivity index (χ4n) is 6.69. The Hall–Kier alpha value is -2.84. The van der Waals surface area contributed by atoms with Crippen LogP contribution in [0, 0.1) is 5.92 Å². The van der Waals surface area contributed by atoms with Crippen molar-refractivity contribution in [2.45, 2.75) is 106 Å². The molecule has 2 aliphatic heterocycles. The molecule has 4 heterocycles. The van der Waals surface area contributed by atoms with Crippen molar-refractivity contribution in [3.63, 3.8) is 0 Å². The van der Waals surface area contributed by atoms with Gasteiger partial charge in [-0.3, -0.25) is 14.5 Å². The summed E-state index contributed by atoms with van der Waals surface area (Å²) in [4.78, 5) is 61.5. The molecule has 16 nitrogen and oxygen atoms in total. The fourth-order valence-corrected chi connectivity index (χ4v) is 9.64. The standard InChI is InChI=1S/C32H45N9O7S3.2ClH/c1-39(2)13-14-40-31(36-37-38-40)51-17-20-16-49-27-24(35-23(42)15-21-18-50-30(33)34-21)26(43)41(27)25(20)28(44)47-29(19-9-5-3-6-10-19)48-32(45)46-22-11-7-4-8-12-22;;/h18-19,22,24,27,29H,3-17H2,1-2H3,(H2,33,34)(H,35,42);2*1H/t24-,27+,29?;;/m1../s1. The largest absolute Gasteiger partial charge is 0.511 e. The first-order valence-corrected chi connectivity index (χ1v) is 20.4. The molecule has 53 heavy (non-hydrogen) atoms. The highest BCUT2D eigenvalue weighted by atomic mass is 35.5. The molecule has 3 N–H and O–H groups in total. The van der Waals surface area contributed by atoms with Gasteiger partial charge in [-0.15, -0.1) is 53.0 Å². The second-order valence-corrected chi connectivity index (χ2v) is 16.4. The van der Waals surface area contributed by atoms with Crippen molar-refractivity contribution in [1.29, 1.82) is 0 Å². The number of hydrogen-bond donors (Lipinski definition) is 2. The number of esters is 1. The van der Waals surface area contributed by atoms with E-state index in [0.29, 0.717) is 39.6 Å². The maximum Gasteiger partial charge on any atom is 0.511 e. The van der Waals surface area contributed by atoms with Crippen LogP contribution >= 0.6 is 59.7 Å². The SMILES string of the molecule is CN(C)CCn1nnnc1SCC1=C(C(=O)OC(OC(=O)OC2CCCCC2)C2CCCCC2)N2C(=O)[C@@H](NC(=O)Cc3csc(N)n3)[C@@H]2SC1.Cl.Cl. The number of amides is 2. The number of anilines is 1. The van der Waals surface area contributed by atoms with Gasteiger partial charge in [0, 0.05) is 29.3 Å². The van der Waals surface area contributed by atoms with Crippen LogP contribution in [-0.2, 0) is 41.6 Å². The van der Waals surface area contributed by atoms with Gasteiger partial charge >= 0.3 is 12.1 Å². The zero-order valence-electron chi connectivity index (χ0n) is 29.7. The number of likely N-dealkylation sites (N-methyl/N-ethyl adjacent to an activating group) is 1. The lowest BCUT2D eigenvalue weighted by molar-refractivity contribution is -0.184. The van der Waals surface area contributed by atoms with Crippen molar-refractivity contribution in [3.05, 3.63) is 22.3 Å². The number of β-lactam (4-membered cyclic amide) rings is 1. The minimum absolute atomic E-state index is 0. The first-order chi connectivity index (χ1) is 24.7. The maximum absolute atomic E-state index is 14.3. The lowest BCUT2D eigenvalue weighted by Gasteiger charge is -2.50. The molecule has 6 rings (SSSR count). The Kier molecular flexibility index (Phi) is 16.3. The van der Waals surface area contributed by atoms with Gasteiger partial charge in [-0.2, -0.15) is 0 Å². The average molecular weight is 837 g/mol. The van der Waals surface area contributed by atoms with E-state index in [1.807, 2.05) is 19.0 Å². The van der Waals surface area contributed by atoms with Gasteiger partial charge in [0.1, 0.15) is 23.2 Å². The van der Waals surface area contributed by atoms with Crippen LogP contribution in [0.4, 0.5) is 9.93 Å². The Labute approximate surface area is 333 Å². The summed E-state index contributed by atoms with van der Waals surface area (Å²) in [6.07, 6.45) is 6.73. The van der Waals surface area contributed by atoms with E-state index in [0.717, 1.165) is 70.8 Å². The molecule has 1 saturated heterocycles. The molecule has 1 unspecified atom stereocenters. The number of tetrazole rings is 1. The van der Waals surface area contributed by atoms with Gasteiger partial charge in [0.25, 0.3) is 12.2 Å². The van der Waals surface area contributed by atoms with E-state index in [1.165, 1.54) is 39.8 Å². The van der Waals surface area contributed by atoms with Crippen molar-refractivity contribution in [3.8, 4) is 0 Å². The Morgan fingerprint density at radius 3 is 2.47 bits per heavy atom. The Morgan fingerprint density at radius 2 is 1.79 bits per heavy atom. The summed E-state index contributed by atoms with van der Waals surface area (Å²) >= 11 is 4.04. The van der Waals surface area contributed by atoms with Crippen LogP contribution in [0.5, 0.6) is 0 Å². The summed E-state index contributed by atoms with van der Waals surface area (Å²) in [5.74, 6) is -1.08. The minimum Gasteiger partial charge on any atom is -0.431 e. The zero-order valence-corrected chi connectivity index (χ0v) is 33.8. The highest BCUT2D eigenvalue weighted by Crippen LogP contribution is 2.42. The summed E-state index contributed by atoms with van der Waals surface area (Å²) in [7, 11) is 3.93. The molecule has 2 aromatic heterocycles. The molecule has 2 saturated carbocycles.